The molecule has 0 atom stereocenters. The third kappa shape index (κ3) is 1.84. The average molecular weight is 240 g/mol. The quantitative estimate of drug-likeness (QED) is 0.590. The normalized spacial score (nSPS) is 10.9. The molecule has 2 rings (SSSR count). The summed E-state index contributed by atoms with van der Waals surface area (Å²) in [5.74, 6) is -1.32. The molecule has 0 radical (unpaired) electrons. The Labute approximate surface area is 95.5 Å². The van der Waals surface area contributed by atoms with E-state index in [0.29, 0.717) is 17.3 Å². The second-order valence-corrected chi connectivity index (χ2v) is 3.45. The molecule has 2 heterocycles. The van der Waals surface area contributed by atoms with E-state index in [2.05, 4.69) is 27.7 Å². The van der Waals surface area contributed by atoms with Crippen molar-refractivity contribution in [1.82, 2.24) is 19.6 Å². The molecule has 0 saturated heterocycles. The molecule has 0 unspecified atom stereocenters. The Morgan fingerprint density at radius 2 is 2.38 bits per heavy atom. The summed E-state index contributed by atoms with van der Waals surface area (Å²) in [6.45, 7) is 0.305. The summed E-state index contributed by atoms with van der Waals surface area (Å²) in [6.07, 6.45) is 0. The molecule has 84 valence electrons. The lowest BCUT2D eigenvalue weighted by Crippen LogP contribution is -2.00. The first-order valence-electron chi connectivity index (χ1n) is 4.29. The molecule has 2 aromatic heterocycles. The average Bonchev–Trinajstić information content (AvgIpc) is 2.62. The number of ether oxygens (including phenoxy) is 1. The number of nitrogens with zero attached hydrogens (tertiary/aromatic N) is 4. The number of aromatic carboxylic acids is 1. The van der Waals surface area contributed by atoms with E-state index in [0.717, 1.165) is 0 Å². The number of thiol groups is 1. The topological polar surface area (TPSA) is 89.6 Å². The van der Waals surface area contributed by atoms with E-state index >= 15 is 0 Å². The Balaban J connectivity index is 2.58. The minimum atomic E-state index is -1.20. The summed E-state index contributed by atoms with van der Waals surface area (Å²) in [6, 6.07) is 1.64. The number of hydrogen-bond acceptors (Lipinski definition) is 6. The van der Waals surface area contributed by atoms with Gasteiger partial charge in [0.05, 0.1) is 12.3 Å². The molecule has 0 aliphatic heterocycles. The molecule has 8 heteroatoms. The van der Waals surface area contributed by atoms with Crippen molar-refractivity contribution in [1.29, 1.82) is 0 Å². The molecule has 7 nitrogen and oxygen atoms in total. The molecular weight excluding hydrogens is 232 g/mol. The number of fused-ring (bicyclic) bond motifs is 1. The van der Waals surface area contributed by atoms with E-state index in [4.69, 9.17) is 9.84 Å². The van der Waals surface area contributed by atoms with Gasteiger partial charge >= 0.3 is 5.97 Å². The first-order chi connectivity index (χ1) is 7.61. The van der Waals surface area contributed by atoms with Gasteiger partial charge in [0.1, 0.15) is 5.03 Å². The Morgan fingerprint density at radius 3 is 3.00 bits per heavy atom. The second-order valence-electron chi connectivity index (χ2n) is 2.99. The summed E-state index contributed by atoms with van der Waals surface area (Å²) in [7, 11) is 1.54. The van der Waals surface area contributed by atoms with Gasteiger partial charge in [-0.25, -0.2) is 9.78 Å². The molecule has 0 spiro atoms. The molecular formula is C8H8N4O3S. The van der Waals surface area contributed by atoms with Gasteiger partial charge in [0.25, 0.3) is 11.6 Å². The SMILES string of the molecule is COCc1cc(S)n2nc(C(=O)O)nc2n1. The highest BCUT2D eigenvalue weighted by atomic mass is 32.1. The van der Waals surface area contributed by atoms with Crippen LogP contribution in [-0.2, 0) is 11.3 Å². The lowest BCUT2D eigenvalue weighted by atomic mass is 10.4. The van der Waals surface area contributed by atoms with Crippen molar-refractivity contribution in [3.05, 3.63) is 17.6 Å². The van der Waals surface area contributed by atoms with Crippen molar-refractivity contribution in [2.75, 3.05) is 7.11 Å². The van der Waals surface area contributed by atoms with Crippen LogP contribution in [0.25, 0.3) is 5.78 Å². The molecule has 2 aromatic rings. The summed E-state index contributed by atoms with van der Waals surface area (Å²) in [5.41, 5.74) is 0.615. The zero-order valence-corrected chi connectivity index (χ0v) is 9.18. The highest BCUT2D eigenvalue weighted by Crippen LogP contribution is 2.11. The fraction of sp³-hybridized carbons (Fsp3) is 0.250. The molecule has 0 fully saturated rings. The van der Waals surface area contributed by atoms with Crippen LogP contribution in [0.5, 0.6) is 0 Å². The Kier molecular flexibility index (Phi) is 2.75. The summed E-state index contributed by atoms with van der Waals surface area (Å²) < 4.78 is 6.17. The van der Waals surface area contributed by atoms with E-state index < -0.39 is 5.97 Å². The van der Waals surface area contributed by atoms with E-state index in [9.17, 15) is 4.79 Å². The number of carboxylic acids is 1. The molecule has 0 aromatic carbocycles. The monoisotopic (exact) mass is 240 g/mol. The lowest BCUT2D eigenvalue weighted by molar-refractivity contribution is 0.0683. The van der Waals surface area contributed by atoms with Gasteiger partial charge in [0, 0.05) is 7.11 Å². The third-order valence-electron chi connectivity index (χ3n) is 1.83. The first kappa shape index (κ1) is 10.8. The van der Waals surface area contributed by atoms with Crippen molar-refractivity contribution in [3.8, 4) is 0 Å². The fourth-order valence-electron chi connectivity index (χ4n) is 1.21. The van der Waals surface area contributed by atoms with Crippen molar-refractivity contribution in [2.24, 2.45) is 0 Å². The van der Waals surface area contributed by atoms with Gasteiger partial charge < -0.3 is 9.84 Å². The van der Waals surface area contributed by atoms with Crippen molar-refractivity contribution < 1.29 is 14.6 Å². The van der Waals surface area contributed by atoms with Crippen LogP contribution in [0.2, 0.25) is 0 Å². The predicted octanol–water partition coefficient (Wildman–Crippen LogP) is 0.258. The Hall–Kier alpha value is -1.67. The number of methoxy groups -OCH3 is 1. The van der Waals surface area contributed by atoms with Crippen molar-refractivity contribution in [2.45, 2.75) is 11.6 Å². The summed E-state index contributed by atoms with van der Waals surface area (Å²) >= 11 is 4.17. The zero-order valence-electron chi connectivity index (χ0n) is 8.28. The Morgan fingerprint density at radius 1 is 1.62 bits per heavy atom. The van der Waals surface area contributed by atoms with Gasteiger partial charge in [-0.2, -0.15) is 9.50 Å². The van der Waals surface area contributed by atoms with E-state index in [1.165, 1.54) is 11.6 Å². The fourth-order valence-corrected chi connectivity index (χ4v) is 1.50. The van der Waals surface area contributed by atoms with Gasteiger partial charge in [0.2, 0.25) is 0 Å². The number of carboxylic acid groups (broad SMARTS) is 1. The van der Waals surface area contributed by atoms with Gasteiger partial charge in [-0.15, -0.1) is 17.7 Å². The van der Waals surface area contributed by atoms with E-state index in [-0.39, 0.29) is 11.6 Å². The van der Waals surface area contributed by atoms with Crippen LogP contribution in [0.1, 0.15) is 16.3 Å². The standard InChI is InChI=1S/C8H8N4O3S/c1-15-3-4-2-5(16)12-8(9-4)10-6(11-12)7(13)14/h2,16H,3H2,1H3,(H,13,14). The molecule has 1 N–H and O–H groups in total. The van der Waals surface area contributed by atoms with E-state index in [1.807, 2.05) is 0 Å². The minimum Gasteiger partial charge on any atom is -0.475 e. The second kappa shape index (κ2) is 4.06. The molecule has 0 bridgehead atoms. The minimum absolute atomic E-state index is 0.192. The summed E-state index contributed by atoms with van der Waals surface area (Å²) in [5, 5.41) is 12.9. The van der Waals surface area contributed by atoms with Crippen LogP contribution in [-0.4, -0.2) is 37.8 Å². The molecule has 0 saturated carbocycles. The van der Waals surface area contributed by atoms with Crippen LogP contribution in [0.4, 0.5) is 0 Å². The molecule has 0 aliphatic carbocycles. The highest BCUT2D eigenvalue weighted by molar-refractivity contribution is 7.80. The largest absolute Gasteiger partial charge is 0.475 e. The lowest BCUT2D eigenvalue weighted by Gasteiger charge is -2.00. The van der Waals surface area contributed by atoms with Crippen LogP contribution in [0, 0.1) is 0 Å². The van der Waals surface area contributed by atoms with Crippen LogP contribution in [0.3, 0.4) is 0 Å². The summed E-state index contributed by atoms with van der Waals surface area (Å²) in [4.78, 5) is 18.5. The van der Waals surface area contributed by atoms with Crippen LogP contribution >= 0.6 is 12.6 Å². The van der Waals surface area contributed by atoms with Crippen molar-refractivity contribution in [3.63, 3.8) is 0 Å². The predicted molar refractivity (Wildman–Crippen MR) is 55.7 cm³/mol. The number of rotatable bonds is 3. The van der Waals surface area contributed by atoms with Gasteiger partial charge in [-0.05, 0) is 6.07 Å². The number of carbonyl (C=O) groups is 1. The van der Waals surface area contributed by atoms with Gasteiger partial charge in [-0.1, -0.05) is 0 Å². The molecule has 0 amide bonds. The smallest absolute Gasteiger partial charge is 0.375 e. The maximum atomic E-state index is 10.7. The number of aromatic nitrogens is 4. The molecule has 0 aliphatic rings. The maximum Gasteiger partial charge on any atom is 0.375 e. The number of hydrogen-bond donors (Lipinski definition) is 2. The zero-order chi connectivity index (χ0) is 11.7. The van der Waals surface area contributed by atoms with Crippen LogP contribution < -0.4 is 0 Å². The van der Waals surface area contributed by atoms with Gasteiger partial charge in [-0.3, -0.25) is 0 Å². The Bertz CT molecular complexity index is 553. The molecule has 16 heavy (non-hydrogen) atoms. The van der Waals surface area contributed by atoms with Crippen molar-refractivity contribution >= 4 is 24.4 Å². The first-order valence-corrected chi connectivity index (χ1v) is 4.74. The highest BCUT2D eigenvalue weighted by Gasteiger charge is 2.13. The maximum absolute atomic E-state index is 10.7. The third-order valence-corrected chi connectivity index (χ3v) is 2.15. The van der Waals surface area contributed by atoms with E-state index in [1.54, 1.807) is 6.07 Å². The van der Waals surface area contributed by atoms with Gasteiger partial charge in [0.15, 0.2) is 0 Å². The van der Waals surface area contributed by atoms with Crippen LogP contribution in [0.15, 0.2) is 11.1 Å².